The number of hydrogen-bond acceptors (Lipinski definition) is 4. The van der Waals surface area contributed by atoms with Gasteiger partial charge in [0.1, 0.15) is 4.88 Å². The van der Waals surface area contributed by atoms with E-state index in [0.29, 0.717) is 4.88 Å². The first kappa shape index (κ1) is 15.0. The van der Waals surface area contributed by atoms with Gasteiger partial charge in [-0.25, -0.2) is 4.98 Å². The Kier molecular flexibility index (Phi) is 4.43. The van der Waals surface area contributed by atoms with Crippen LogP contribution in [0.15, 0.2) is 30.5 Å². The molecule has 0 saturated carbocycles. The number of piperidine rings is 1. The molecule has 22 heavy (non-hydrogen) atoms. The van der Waals surface area contributed by atoms with Crippen molar-refractivity contribution in [2.75, 3.05) is 23.3 Å². The van der Waals surface area contributed by atoms with E-state index in [1.165, 1.54) is 29.9 Å². The molecule has 1 saturated heterocycles. The molecule has 1 fully saturated rings. The molecule has 5 heteroatoms. The minimum absolute atomic E-state index is 0.0925. The molecule has 0 unspecified atom stereocenters. The molecule has 1 aromatic carbocycles. The molecule has 0 spiro atoms. The summed E-state index contributed by atoms with van der Waals surface area (Å²) < 4.78 is 0. The molecule has 1 aliphatic rings. The quantitative estimate of drug-likeness (QED) is 0.933. The lowest BCUT2D eigenvalue weighted by Gasteiger charge is -2.32. The number of nitrogens with zero attached hydrogens (tertiary/aromatic N) is 2. The number of hydrogen-bond donors (Lipinski definition) is 1. The first-order chi connectivity index (χ1) is 10.6. The molecule has 1 aliphatic heterocycles. The minimum atomic E-state index is -0.0925. The smallest absolute Gasteiger partial charge is 0.267 e. The van der Waals surface area contributed by atoms with Crippen molar-refractivity contribution in [3.63, 3.8) is 0 Å². The fraction of sp³-hybridized carbons (Fsp3) is 0.412. The number of carbonyl (C=O) groups is 1. The van der Waals surface area contributed by atoms with Crippen LogP contribution >= 0.6 is 11.3 Å². The predicted octanol–water partition coefficient (Wildman–Crippen LogP) is 3.94. The minimum Gasteiger partial charge on any atom is -0.372 e. The van der Waals surface area contributed by atoms with E-state index in [2.05, 4.69) is 34.3 Å². The highest BCUT2D eigenvalue weighted by Gasteiger charge is 2.16. The van der Waals surface area contributed by atoms with Crippen molar-refractivity contribution in [2.24, 2.45) is 5.92 Å². The average molecular weight is 315 g/mol. The molecule has 0 radical (unpaired) electrons. The van der Waals surface area contributed by atoms with E-state index in [4.69, 9.17) is 0 Å². The van der Waals surface area contributed by atoms with Gasteiger partial charge in [0.05, 0.1) is 11.2 Å². The highest BCUT2D eigenvalue weighted by molar-refractivity contribution is 7.13. The van der Waals surface area contributed by atoms with Crippen molar-refractivity contribution < 1.29 is 4.79 Å². The Hall–Kier alpha value is -1.88. The predicted molar refractivity (Wildman–Crippen MR) is 91.9 cm³/mol. The third kappa shape index (κ3) is 3.47. The number of anilines is 2. The van der Waals surface area contributed by atoms with Crippen molar-refractivity contribution in [3.05, 3.63) is 40.3 Å². The van der Waals surface area contributed by atoms with Gasteiger partial charge in [-0.3, -0.25) is 4.79 Å². The number of amides is 1. The van der Waals surface area contributed by atoms with Gasteiger partial charge in [-0.1, -0.05) is 6.92 Å². The van der Waals surface area contributed by atoms with E-state index >= 15 is 0 Å². The number of thiazole rings is 1. The zero-order valence-electron chi connectivity index (χ0n) is 13.0. The summed E-state index contributed by atoms with van der Waals surface area (Å²) >= 11 is 1.41. The van der Waals surface area contributed by atoms with E-state index < -0.39 is 0 Å². The summed E-state index contributed by atoms with van der Waals surface area (Å²) in [5.41, 5.74) is 2.06. The van der Waals surface area contributed by atoms with Crippen molar-refractivity contribution in [1.29, 1.82) is 0 Å². The lowest BCUT2D eigenvalue weighted by Crippen LogP contribution is -2.32. The first-order valence-electron chi connectivity index (χ1n) is 7.70. The van der Waals surface area contributed by atoms with Crippen LogP contribution in [0.3, 0.4) is 0 Å². The van der Waals surface area contributed by atoms with Crippen molar-refractivity contribution in [3.8, 4) is 0 Å². The summed E-state index contributed by atoms with van der Waals surface area (Å²) in [6.45, 7) is 6.45. The van der Waals surface area contributed by atoms with Gasteiger partial charge >= 0.3 is 0 Å². The second kappa shape index (κ2) is 6.48. The summed E-state index contributed by atoms with van der Waals surface area (Å²) in [6, 6.07) is 8.12. The fourth-order valence-electron chi connectivity index (χ4n) is 2.68. The lowest BCUT2D eigenvalue weighted by molar-refractivity contribution is 0.103. The van der Waals surface area contributed by atoms with Gasteiger partial charge in [-0.2, -0.15) is 0 Å². The van der Waals surface area contributed by atoms with E-state index in [9.17, 15) is 4.79 Å². The van der Waals surface area contributed by atoms with Crippen LogP contribution in [0.1, 0.15) is 34.4 Å². The number of nitrogens with one attached hydrogen (secondary N) is 1. The average Bonchev–Trinajstić information content (AvgIpc) is 2.96. The number of benzene rings is 1. The monoisotopic (exact) mass is 315 g/mol. The van der Waals surface area contributed by atoms with E-state index in [0.717, 1.165) is 29.7 Å². The Labute approximate surface area is 135 Å². The molecule has 1 amide bonds. The number of carbonyl (C=O) groups excluding carboxylic acids is 1. The Morgan fingerprint density at radius 1 is 1.27 bits per heavy atom. The zero-order chi connectivity index (χ0) is 15.5. The molecule has 0 atom stereocenters. The molecule has 3 rings (SSSR count). The maximum atomic E-state index is 12.1. The summed E-state index contributed by atoms with van der Waals surface area (Å²) in [5, 5.41) is 3.82. The van der Waals surface area contributed by atoms with Crippen LogP contribution in [0, 0.1) is 12.8 Å². The van der Waals surface area contributed by atoms with Crippen LogP contribution in [0.25, 0.3) is 0 Å². The maximum absolute atomic E-state index is 12.1. The number of aromatic nitrogens is 1. The molecule has 2 heterocycles. The summed E-state index contributed by atoms with van der Waals surface area (Å²) in [6.07, 6.45) is 4.13. The molecule has 2 aromatic rings. The van der Waals surface area contributed by atoms with Crippen molar-refractivity contribution in [2.45, 2.75) is 26.7 Å². The molecule has 1 aromatic heterocycles. The first-order valence-corrected chi connectivity index (χ1v) is 8.52. The topological polar surface area (TPSA) is 45.2 Å². The second-order valence-electron chi connectivity index (χ2n) is 5.91. The van der Waals surface area contributed by atoms with Gasteiger partial charge in [-0.05, 0) is 49.9 Å². The van der Waals surface area contributed by atoms with Crippen molar-refractivity contribution >= 4 is 28.6 Å². The van der Waals surface area contributed by atoms with E-state index in [1.807, 2.05) is 19.1 Å². The van der Waals surface area contributed by atoms with E-state index in [1.54, 1.807) is 6.20 Å². The highest BCUT2D eigenvalue weighted by atomic mass is 32.1. The largest absolute Gasteiger partial charge is 0.372 e. The normalized spacial score (nSPS) is 15.8. The summed E-state index contributed by atoms with van der Waals surface area (Å²) in [4.78, 5) is 19.3. The molecular formula is C17H21N3OS. The van der Waals surface area contributed by atoms with Crippen LogP contribution in [-0.4, -0.2) is 24.0 Å². The van der Waals surface area contributed by atoms with Gasteiger partial charge in [0.25, 0.3) is 5.91 Å². The van der Waals surface area contributed by atoms with Crippen LogP contribution in [0.5, 0.6) is 0 Å². The molecule has 4 nitrogen and oxygen atoms in total. The van der Waals surface area contributed by atoms with Crippen LogP contribution in [-0.2, 0) is 0 Å². The SMILES string of the molecule is Cc1ncc(C(=O)Nc2ccc(N3CCC(C)CC3)cc2)s1. The second-order valence-corrected chi connectivity index (χ2v) is 7.15. The summed E-state index contributed by atoms with van der Waals surface area (Å²) in [7, 11) is 0. The van der Waals surface area contributed by atoms with Gasteiger partial charge in [0, 0.05) is 24.5 Å². The van der Waals surface area contributed by atoms with Crippen molar-refractivity contribution in [1.82, 2.24) is 4.98 Å². The molecule has 116 valence electrons. The van der Waals surface area contributed by atoms with Gasteiger partial charge in [0.15, 0.2) is 0 Å². The Morgan fingerprint density at radius 3 is 2.55 bits per heavy atom. The van der Waals surface area contributed by atoms with Crippen LogP contribution in [0.2, 0.25) is 0 Å². The van der Waals surface area contributed by atoms with Crippen LogP contribution in [0.4, 0.5) is 11.4 Å². The standard InChI is InChI=1S/C17H21N3OS/c1-12-7-9-20(10-8-12)15-5-3-14(4-6-15)19-17(21)16-11-18-13(2)22-16/h3-6,11-12H,7-10H2,1-2H3,(H,19,21). The van der Waals surface area contributed by atoms with E-state index in [-0.39, 0.29) is 5.91 Å². The Morgan fingerprint density at radius 2 is 1.95 bits per heavy atom. The van der Waals surface area contributed by atoms with Gasteiger partial charge in [0.2, 0.25) is 0 Å². The lowest BCUT2D eigenvalue weighted by atomic mass is 9.99. The maximum Gasteiger partial charge on any atom is 0.267 e. The zero-order valence-corrected chi connectivity index (χ0v) is 13.8. The molecule has 0 bridgehead atoms. The van der Waals surface area contributed by atoms with Gasteiger partial charge in [-0.15, -0.1) is 11.3 Å². The van der Waals surface area contributed by atoms with Crippen LogP contribution < -0.4 is 10.2 Å². The van der Waals surface area contributed by atoms with Gasteiger partial charge < -0.3 is 10.2 Å². The highest BCUT2D eigenvalue weighted by Crippen LogP contribution is 2.24. The summed E-state index contributed by atoms with van der Waals surface area (Å²) in [5.74, 6) is 0.739. The number of rotatable bonds is 3. The molecule has 1 N–H and O–H groups in total. The fourth-order valence-corrected chi connectivity index (χ4v) is 3.35. The third-order valence-electron chi connectivity index (χ3n) is 4.12. The third-order valence-corrected chi connectivity index (χ3v) is 5.03. The Bertz CT molecular complexity index is 642. The number of aryl methyl sites for hydroxylation is 1. The Balaban J connectivity index is 1.63. The molecular weight excluding hydrogens is 294 g/mol. The molecule has 0 aliphatic carbocycles.